The van der Waals surface area contributed by atoms with Crippen molar-refractivity contribution in [1.29, 1.82) is 0 Å². The van der Waals surface area contributed by atoms with E-state index in [2.05, 4.69) is 16.0 Å². The summed E-state index contributed by atoms with van der Waals surface area (Å²) in [5.41, 5.74) is 2.10. The van der Waals surface area contributed by atoms with Gasteiger partial charge in [-0.25, -0.2) is 0 Å². The maximum Gasteiger partial charge on any atom is 0.255 e. The standard InChI is InChI=1S/C20H24N4O3/c1-14(25)22-17-5-4-6-18(13-17)23-20(27)16-9-7-15(8-10-16)19(26)21-11-12-24(2)3/h4-10,13H,11-12H2,1-3H3,(H,21,26)(H,22,25)(H,23,27). The first-order valence-electron chi connectivity index (χ1n) is 8.57. The molecule has 0 aliphatic heterocycles. The number of carbonyl (C=O) groups is 3. The van der Waals surface area contributed by atoms with E-state index in [1.165, 1.54) is 6.92 Å². The van der Waals surface area contributed by atoms with Gasteiger partial charge < -0.3 is 20.9 Å². The molecule has 0 heterocycles. The van der Waals surface area contributed by atoms with Gasteiger partial charge in [0.2, 0.25) is 5.91 Å². The molecule has 27 heavy (non-hydrogen) atoms. The maximum absolute atomic E-state index is 12.4. The quantitative estimate of drug-likeness (QED) is 0.699. The molecular weight excluding hydrogens is 344 g/mol. The number of hydrogen-bond donors (Lipinski definition) is 3. The van der Waals surface area contributed by atoms with E-state index < -0.39 is 0 Å². The van der Waals surface area contributed by atoms with Crippen LogP contribution in [0.1, 0.15) is 27.6 Å². The summed E-state index contributed by atoms with van der Waals surface area (Å²) in [7, 11) is 3.87. The molecule has 142 valence electrons. The molecular formula is C20H24N4O3. The van der Waals surface area contributed by atoms with Gasteiger partial charge in [0.15, 0.2) is 0 Å². The lowest BCUT2D eigenvalue weighted by Gasteiger charge is -2.11. The number of nitrogens with one attached hydrogen (secondary N) is 3. The molecule has 0 bridgehead atoms. The Kier molecular flexibility index (Phi) is 7.08. The summed E-state index contributed by atoms with van der Waals surface area (Å²) in [5, 5.41) is 8.26. The molecule has 0 spiro atoms. The number of likely N-dealkylation sites (N-methyl/N-ethyl adjacent to an activating group) is 1. The highest BCUT2D eigenvalue weighted by molar-refractivity contribution is 6.05. The third-order valence-electron chi connectivity index (χ3n) is 3.69. The van der Waals surface area contributed by atoms with Crippen LogP contribution >= 0.6 is 0 Å². The van der Waals surface area contributed by atoms with Gasteiger partial charge in [0, 0.05) is 42.5 Å². The third-order valence-corrected chi connectivity index (χ3v) is 3.69. The zero-order chi connectivity index (χ0) is 19.8. The topological polar surface area (TPSA) is 90.5 Å². The maximum atomic E-state index is 12.4. The Morgan fingerprint density at radius 3 is 1.96 bits per heavy atom. The second-order valence-corrected chi connectivity index (χ2v) is 6.35. The zero-order valence-electron chi connectivity index (χ0n) is 15.7. The number of nitrogens with zero attached hydrogens (tertiary/aromatic N) is 1. The average molecular weight is 368 g/mol. The Morgan fingerprint density at radius 2 is 1.41 bits per heavy atom. The first-order valence-corrected chi connectivity index (χ1v) is 8.57. The Balaban J connectivity index is 1.97. The molecule has 0 saturated carbocycles. The van der Waals surface area contributed by atoms with Crippen molar-refractivity contribution in [2.75, 3.05) is 37.8 Å². The number of hydrogen-bond acceptors (Lipinski definition) is 4. The van der Waals surface area contributed by atoms with Crippen LogP contribution in [0.4, 0.5) is 11.4 Å². The van der Waals surface area contributed by atoms with Crippen molar-refractivity contribution in [2.24, 2.45) is 0 Å². The highest BCUT2D eigenvalue weighted by Crippen LogP contribution is 2.16. The Bertz CT molecular complexity index is 816. The molecule has 7 heteroatoms. The highest BCUT2D eigenvalue weighted by Gasteiger charge is 2.09. The summed E-state index contributed by atoms with van der Waals surface area (Å²) < 4.78 is 0. The van der Waals surface area contributed by atoms with E-state index in [1.54, 1.807) is 48.5 Å². The molecule has 3 N–H and O–H groups in total. The van der Waals surface area contributed by atoms with E-state index in [4.69, 9.17) is 0 Å². The molecule has 0 unspecified atom stereocenters. The van der Waals surface area contributed by atoms with Gasteiger partial charge >= 0.3 is 0 Å². The number of amides is 3. The van der Waals surface area contributed by atoms with E-state index in [-0.39, 0.29) is 17.7 Å². The van der Waals surface area contributed by atoms with Gasteiger partial charge in [-0.15, -0.1) is 0 Å². The van der Waals surface area contributed by atoms with Crippen molar-refractivity contribution >= 4 is 29.1 Å². The Morgan fingerprint density at radius 1 is 0.852 bits per heavy atom. The molecule has 2 rings (SSSR count). The van der Waals surface area contributed by atoms with Crippen LogP contribution in [0.5, 0.6) is 0 Å². The van der Waals surface area contributed by atoms with E-state index in [0.717, 1.165) is 6.54 Å². The SMILES string of the molecule is CC(=O)Nc1cccc(NC(=O)c2ccc(C(=O)NCCN(C)C)cc2)c1. The van der Waals surface area contributed by atoms with Crippen molar-refractivity contribution in [3.8, 4) is 0 Å². The van der Waals surface area contributed by atoms with Gasteiger partial charge in [0.05, 0.1) is 0 Å². The molecule has 0 atom stereocenters. The summed E-state index contributed by atoms with van der Waals surface area (Å²) in [4.78, 5) is 37.5. The molecule has 0 aliphatic rings. The smallest absolute Gasteiger partial charge is 0.255 e. The molecule has 0 radical (unpaired) electrons. The minimum Gasteiger partial charge on any atom is -0.351 e. The highest BCUT2D eigenvalue weighted by atomic mass is 16.2. The predicted octanol–water partition coefficient (Wildman–Crippen LogP) is 2.19. The predicted molar refractivity (Wildman–Crippen MR) is 106 cm³/mol. The second kappa shape index (κ2) is 9.49. The molecule has 7 nitrogen and oxygen atoms in total. The monoisotopic (exact) mass is 368 g/mol. The minimum absolute atomic E-state index is 0.174. The van der Waals surface area contributed by atoms with Crippen LogP contribution < -0.4 is 16.0 Å². The molecule has 0 aromatic heterocycles. The lowest BCUT2D eigenvalue weighted by molar-refractivity contribution is -0.114. The van der Waals surface area contributed by atoms with Crippen molar-refractivity contribution in [3.63, 3.8) is 0 Å². The zero-order valence-corrected chi connectivity index (χ0v) is 15.7. The van der Waals surface area contributed by atoms with Crippen LogP contribution in [0.25, 0.3) is 0 Å². The van der Waals surface area contributed by atoms with Crippen LogP contribution in [0.3, 0.4) is 0 Å². The van der Waals surface area contributed by atoms with Crippen LogP contribution in [-0.2, 0) is 4.79 Å². The van der Waals surface area contributed by atoms with Gasteiger partial charge in [0.25, 0.3) is 11.8 Å². The van der Waals surface area contributed by atoms with Gasteiger partial charge in [-0.05, 0) is 56.6 Å². The average Bonchev–Trinajstić information content (AvgIpc) is 2.61. The lowest BCUT2D eigenvalue weighted by atomic mass is 10.1. The van der Waals surface area contributed by atoms with E-state index >= 15 is 0 Å². The molecule has 0 fully saturated rings. The molecule has 0 saturated heterocycles. The van der Waals surface area contributed by atoms with E-state index in [9.17, 15) is 14.4 Å². The van der Waals surface area contributed by atoms with Gasteiger partial charge in [-0.3, -0.25) is 14.4 Å². The fraction of sp³-hybridized carbons (Fsp3) is 0.250. The van der Waals surface area contributed by atoms with Gasteiger partial charge in [-0.2, -0.15) is 0 Å². The minimum atomic E-state index is -0.297. The summed E-state index contributed by atoms with van der Waals surface area (Å²) in [5.74, 6) is -0.653. The van der Waals surface area contributed by atoms with Crippen molar-refractivity contribution < 1.29 is 14.4 Å². The summed E-state index contributed by atoms with van der Waals surface area (Å²) in [6.07, 6.45) is 0. The van der Waals surface area contributed by atoms with E-state index in [0.29, 0.717) is 29.0 Å². The van der Waals surface area contributed by atoms with Crippen molar-refractivity contribution in [1.82, 2.24) is 10.2 Å². The van der Waals surface area contributed by atoms with Crippen molar-refractivity contribution in [3.05, 3.63) is 59.7 Å². The second-order valence-electron chi connectivity index (χ2n) is 6.35. The normalized spacial score (nSPS) is 10.4. The van der Waals surface area contributed by atoms with Crippen molar-refractivity contribution in [2.45, 2.75) is 6.92 Å². The summed E-state index contributed by atoms with van der Waals surface area (Å²) >= 11 is 0. The summed E-state index contributed by atoms with van der Waals surface area (Å²) in [6, 6.07) is 13.3. The summed E-state index contributed by atoms with van der Waals surface area (Å²) in [6.45, 7) is 2.73. The fourth-order valence-electron chi connectivity index (χ4n) is 2.35. The number of benzene rings is 2. The van der Waals surface area contributed by atoms with Crippen LogP contribution in [0, 0.1) is 0 Å². The molecule has 2 aromatic rings. The third kappa shape index (κ3) is 6.56. The first-order chi connectivity index (χ1) is 12.8. The number of carbonyl (C=O) groups excluding carboxylic acids is 3. The number of anilines is 2. The van der Waals surface area contributed by atoms with Gasteiger partial charge in [0.1, 0.15) is 0 Å². The van der Waals surface area contributed by atoms with Crippen LogP contribution in [0.15, 0.2) is 48.5 Å². The lowest BCUT2D eigenvalue weighted by Crippen LogP contribution is -2.31. The van der Waals surface area contributed by atoms with Crippen LogP contribution in [-0.4, -0.2) is 49.8 Å². The fourth-order valence-corrected chi connectivity index (χ4v) is 2.35. The first kappa shape index (κ1) is 20.1. The van der Waals surface area contributed by atoms with Crippen LogP contribution in [0.2, 0.25) is 0 Å². The molecule has 2 aromatic carbocycles. The van der Waals surface area contributed by atoms with E-state index in [1.807, 2.05) is 19.0 Å². The largest absolute Gasteiger partial charge is 0.351 e. The Labute approximate surface area is 158 Å². The number of rotatable bonds is 7. The molecule has 3 amide bonds. The molecule has 0 aliphatic carbocycles. The Hall–Kier alpha value is -3.19. The van der Waals surface area contributed by atoms with Gasteiger partial charge in [-0.1, -0.05) is 6.07 Å².